The summed E-state index contributed by atoms with van der Waals surface area (Å²) in [4.78, 5) is 14.5. The van der Waals surface area contributed by atoms with Gasteiger partial charge in [-0.1, -0.05) is 37.3 Å². The lowest BCUT2D eigenvalue weighted by Gasteiger charge is -2.38. The first-order valence-electron chi connectivity index (χ1n) is 7.53. The van der Waals surface area contributed by atoms with Crippen molar-refractivity contribution in [2.45, 2.75) is 32.1 Å². The second kappa shape index (κ2) is 7.32. The summed E-state index contributed by atoms with van der Waals surface area (Å²) >= 11 is 2.01. The first-order chi connectivity index (χ1) is 9.96. The molecular weight excluding hydrogens is 282 g/mol. The lowest BCUT2D eigenvalue weighted by atomic mass is 10.1. The van der Waals surface area contributed by atoms with Crippen LogP contribution in [-0.2, 0) is 16.1 Å². The van der Waals surface area contributed by atoms with Gasteiger partial charge in [0.05, 0.1) is 5.92 Å². The van der Waals surface area contributed by atoms with E-state index in [2.05, 4.69) is 18.7 Å². The van der Waals surface area contributed by atoms with Crippen LogP contribution in [0.3, 0.4) is 0 Å². The highest BCUT2D eigenvalue weighted by molar-refractivity contribution is 8.00. The zero-order valence-electron chi connectivity index (χ0n) is 13.2. The van der Waals surface area contributed by atoms with Gasteiger partial charge in [0.1, 0.15) is 6.61 Å². The maximum absolute atomic E-state index is 12.1. The van der Waals surface area contributed by atoms with E-state index in [0.717, 1.165) is 31.0 Å². The van der Waals surface area contributed by atoms with Gasteiger partial charge in [0, 0.05) is 30.1 Å². The molecule has 1 aliphatic heterocycles. The molecule has 1 aliphatic rings. The smallest absolute Gasteiger partial charge is 0.310 e. The molecule has 0 bridgehead atoms. The Labute approximate surface area is 132 Å². The normalized spacial score (nSPS) is 20.0. The molecule has 1 aromatic carbocycles. The van der Waals surface area contributed by atoms with Crippen LogP contribution in [0.1, 0.15) is 26.3 Å². The Balaban J connectivity index is 1.77. The van der Waals surface area contributed by atoms with Crippen LogP contribution in [0.5, 0.6) is 0 Å². The Bertz CT molecular complexity index is 461. The van der Waals surface area contributed by atoms with E-state index in [1.165, 1.54) is 0 Å². The van der Waals surface area contributed by atoms with Gasteiger partial charge in [0.15, 0.2) is 0 Å². The maximum Gasteiger partial charge on any atom is 0.310 e. The van der Waals surface area contributed by atoms with Gasteiger partial charge in [-0.3, -0.25) is 4.79 Å². The number of ether oxygens (including phenoxy) is 1. The van der Waals surface area contributed by atoms with Gasteiger partial charge in [-0.25, -0.2) is 0 Å². The van der Waals surface area contributed by atoms with Crippen molar-refractivity contribution < 1.29 is 9.53 Å². The molecular formula is C17H25NO2S. The van der Waals surface area contributed by atoms with Gasteiger partial charge < -0.3 is 9.64 Å². The van der Waals surface area contributed by atoms with Crippen molar-refractivity contribution in [1.29, 1.82) is 0 Å². The van der Waals surface area contributed by atoms with Gasteiger partial charge in [-0.05, 0) is 19.4 Å². The van der Waals surface area contributed by atoms with Crippen LogP contribution >= 0.6 is 11.8 Å². The fourth-order valence-corrected chi connectivity index (χ4v) is 3.78. The highest BCUT2D eigenvalue weighted by Gasteiger charge is 2.29. The molecule has 0 aliphatic carbocycles. The minimum atomic E-state index is -0.102. The number of rotatable bonds is 5. The summed E-state index contributed by atoms with van der Waals surface area (Å²) in [6, 6.07) is 9.83. The van der Waals surface area contributed by atoms with Crippen LogP contribution in [0.25, 0.3) is 0 Å². The molecule has 0 amide bonds. The van der Waals surface area contributed by atoms with E-state index < -0.39 is 0 Å². The number of hydrogen-bond donors (Lipinski definition) is 0. The Kier molecular flexibility index (Phi) is 5.71. The molecule has 0 spiro atoms. The predicted octanol–water partition coefficient (Wildman–Crippen LogP) is 3.19. The average molecular weight is 307 g/mol. The first kappa shape index (κ1) is 16.4. The van der Waals surface area contributed by atoms with Crippen LogP contribution in [0.15, 0.2) is 30.3 Å². The van der Waals surface area contributed by atoms with Crippen molar-refractivity contribution >= 4 is 17.7 Å². The van der Waals surface area contributed by atoms with Crippen molar-refractivity contribution in [1.82, 2.24) is 4.90 Å². The summed E-state index contributed by atoms with van der Waals surface area (Å²) in [5.41, 5.74) is 1.04. The monoisotopic (exact) mass is 307 g/mol. The van der Waals surface area contributed by atoms with E-state index in [0.29, 0.717) is 6.61 Å². The van der Waals surface area contributed by atoms with Crippen LogP contribution in [0.2, 0.25) is 0 Å². The van der Waals surface area contributed by atoms with Gasteiger partial charge in [0.25, 0.3) is 0 Å². The number of carbonyl (C=O) groups is 1. The van der Waals surface area contributed by atoms with Gasteiger partial charge in [-0.2, -0.15) is 11.8 Å². The number of benzene rings is 1. The van der Waals surface area contributed by atoms with Crippen molar-refractivity contribution in [3.05, 3.63) is 35.9 Å². The fourth-order valence-electron chi connectivity index (χ4n) is 2.60. The highest BCUT2D eigenvalue weighted by Crippen LogP contribution is 2.29. The molecule has 1 atom stereocenters. The summed E-state index contributed by atoms with van der Waals surface area (Å²) in [6.07, 6.45) is 0. The fraction of sp³-hybridized carbons (Fsp3) is 0.588. The third-order valence-corrected chi connectivity index (χ3v) is 4.96. The van der Waals surface area contributed by atoms with Crippen LogP contribution < -0.4 is 0 Å². The minimum Gasteiger partial charge on any atom is -0.461 e. The summed E-state index contributed by atoms with van der Waals surface area (Å²) in [6.45, 7) is 9.74. The SMILES string of the molecule is CC(CN1CCSC(C)(C)C1)C(=O)OCc1ccccc1. The van der Waals surface area contributed by atoms with Crippen LogP contribution in [0.4, 0.5) is 0 Å². The summed E-state index contributed by atoms with van der Waals surface area (Å²) in [7, 11) is 0. The molecule has 1 heterocycles. The maximum atomic E-state index is 12.1. The molecule has 1 aromatic rings. The van der Waals surface area contributed by atoms with E-state index in [9.17, 15) is 4.79 Å². The Morgan fingerprint density at radius 1 is 1.38 bits per heavy atom. The second-order valence-electron chi connectivity index (χ2n) is 6.34. The number of thioether (sulfide) groups is 1. The number of carbonyl (C=O) groups excluding carboxylic acids is 1. The van der Waals surface area contributed by atoms with Crippen molar-refractivity contribution in [2.24, 2.45) is 5.92 Å². The van der Waals surface area contributed by atoms with Gasteiger partial charge in [-0.15, -0.1) is 0 Å². The highest BCUT2D eigenvalue weighted by atomic mass is 32.2. The first-order valence-corrected chi connectivity index (χ1v) is 8.52. The van der Waals surface area contributed by atoms with Crippen molar-refractivity contribution in [2.75, 3.05) is 25.4 Å². The summed E-state index contributed by atoms with van der Waals surface area (Å²) in [5, 5.41) is 0. The molecule has 0 N–H and O–H groups in total. The van der Waals surface area contributed by atoms with Gasteiger partial charge >= 0.3 is 5.97 Å². The van der Waals surface area contributed by atoms with E-state index in [1.54, 1.807) is 0 Å². The quantitative estimate of drug-likeness (QED) is 0.781. The Hall–Kier alpha value is -1.00. The Morgan fingerprint density at radius 3 is 2.76 bits per heavy atom. The molecule has 2 rings (SSSR count). The summed E-state index contributed by atoms with van der Waals surface area (Å²) < 4.78 is 5.70. The average Bonchev–Trinajstić information content (AvgIpc) is 2.44. The topological polar surface area (TPSA) is 29.5 Å². The predicted molar refractivity (Wildman–Crippen MR) is 88.4 cm³/mol. The van der Waals surface area contributed by atoms with Crippen LogP contribution in [0, 0.1) is 5.92 Å². The Morgan fingerprint density at radius 2 is 2.10 bits per heavy atom. The largest absolute Gasteiger partial charge is 0.461 e. The summed E-state index contributed by atoms with van der Waals surface area (Å²) in [5.74, 6) is 0.959. The zero-order chi connectivity index (χ0) is 15.3. The molecule has 4 heteroatoms. The second-order valence-corrected chi connectivity index (χ2v) is 8.14. The lowest BCUT2D eigenvalue weighted by Crippen LogP contribution is -2.45. The molecule has 1 unspecified atom stereocenters. The third kappa shape index (κ3) is 5.36. The van der Waals surface area contributed by atoms with Crippen LogP contribution in [-0.4, -0.2) is 41.0 Å². The molecule has 21 heavy (non-hydrogen) atoms. The van der Waals surface area contributed by atoms with Crippen molar-refractivity contribution in [3.63, 3.8) is 0 Å². The zero-order valence-corrected chi connectivity index (χ0v) is 14.0. The molecule has 1 saturated heterocycles. The van der Waals surface area contributed by atoms with E-state index in [-0.39, 0.29) is 16.6 Å². The number of hydrogen-bond acceptors (Lipinski definition) is 4. The molecule has 0 saturated carbocycles. The molecule has 0 radical (unpaired) electrons. The van der Waals surface area contributed by atoms with Crippen molar-refractivity contribution in [3.8, 4) is 0 Å². The molecule has 3 nitrogen and oxygen atoms in total. The number of nitrogens with zero attached hydrogens (tertiary/aromatic N) is 1. The minimum absolute atomic E-state index is 0.0763. The third-order valence-electron chi connectivity index (χ3n) is 3.66. The van der Waals surface area contributed by atoms with Gasteiger partial charge in [0.2, 0.25) is 0 Å². The molecule has 1 fully saturated rings. The van der Waals surface area contributed by atoms with E-state index >= 15 is 0 Å². The molecule has 0 aromatic heterocycles. The number of esters is 1. The standard InChI is InChI=1S/C17H25NO2S/c1-14(11-18-9-10-21-17(2,3)13-18)16(19)20-12-15-7-5-4-6-8-15/h4-8,14H,9-13H2,1-3H3. The van der Waals surface area contributed by atoms with E-state index in [4.69, 9.17) is 4.74 Å². The molecule has 116 valence electrons. The lowest BCUT2D eigenvalue weighted by molar-refractivity contribution is -0.150. The van der Waals surface area contributed by atoms with E-state index in [1.807, 2.05) is 49.0 Å².